The molecule has 26 heavy (non-hydrogen) atoms. The van der Waals surface area contributed by atoms with E-state index < -0.39 is 10.8 Å². The summed E-state index contributed by atoms with van der Waals surface area (Å²) in [6.07, 6.45) is 0. The Morgan fingerprint density at radius 2 is 2.00 bits per heavy atom. The largest absolute Gasteiger partial charge is 0.296 e. The number of rotatable bonds is 6. The second-order valence-electron chi connectivity index (χ2n) is 5.36. The fourth-order valence-corrected chi connectivity index (χ4v) is 3.86. The van der Waals surface area contributed by atoms with Crippen molar-refractivity contribution in [1.29, 1.82) is 0 Å². The molecule has 0 aliphatic heterocycles. The highest BCUT2D eigenvalue weighted by atomic mass is 32.2. The van der Waals surface area contributed by atoms with E-state index in [1.807, 2.05) is 30.3 Å². The molecule has 1 heterocycles. The Morgan fingerprint density at radius 1 is 1.23 bits per heavy atom. The molecule has 132 valence electrons. The number of benzene rings is 2. The lowest BCUT2D eigenvalue weighted by Crippen LogP contribution is -2.12. The number of carbonyl (C=O) groups excluding carboxylic acids is 1. The molecule has 1 N–H and O–H groups in total. The Kier molecular flexibility index (Phi) is 5.59. The summed E-state index contributed by atoms with van der Waals surface area (Å²) in [6, 6.07) is 14.3. The summed E-state index contributed by atoms with van der Waals surface area (Å²) in [7, 11) is 0. The second kappa shape index (κ2) is 8.07. The zero-order chi connectivity index (χ0) is 18.5. The van der Waals surface area contributed by atoms with Gasteiger partial charge in [0.25, 0.3) is 11.6 Å². The van der Waals surface area contributed by atoms with Gasteiger partial charge in [0, 0.05) is 22.9 Å². The standard InChI is InChI=1S/C17H14N4O3S2/c1-11-7-8-13(9-14(11)21(23)24)15(22)18-16-19-20-17(26-16)25-10-12-5-3-2-4-6-12/h2-9H,10H2,1H3,(H,18,19,22). The Hall–Kier alpha value is -2.78. The van der Waals surface area contributed by atoms with Gasteiger partial charge in [0.15, 0.2) is 4.34 Å². The molecule has 0 spiro atoms. The third-order valence-electron chi connectivity index (χ3n) is 3.50. The summed E-state index contributed by atoms with van der Waals surface area (Å²) in [5.41, 5.74) is 1.79. The molecule has 9 heteroatoms. The zero-order valence-corrected chi connectivity index (χ0v) is 15.3. The van der Waals surface area contributed by atoms with Gasteiger partial charge in [0.1, 0.15) is 0 Å². The van der Waals surface area contributed by atoms with E-state index in [2.05, 4.69) is 15.5 Å². The van der Waals surface area contributed by atoms with Gasteiger partial charge in [-0.1, -0.05) is 59.5 Å². The first-order valence-corrected chi connectivity index (χ1v) is 9.40. The molecule has 0 atom stereocenters. The van der Waals surface area contributed by atoms with Crippen molar-refractivity contribution in [2.24, 2.45) is 0 Å². The molecule has 1 aromatic heterocycles. The van der Waals surface area contributed by atoms with Crippen molar-refractivity contribution in [3.63, 3.8) is 0 Å². The van der Waals surface area contributed by atoms with E-state index in [-0.39, 0.29) is 11.3 Å². The van der Waals surface area contributed by atoms with Crippen molar-refractivity contribution in [1.82, 2.24) is 10.2 Å². The van der Waals surface area contributed by atoms with E-state index in [1.165, 1.54) is 34.7 Å². The summed E-state index contributed by atoms with van der Waals surface area (Å²) >= 11 is 2.79. The van der Waals surface area contributed by atoms with Crippen LogP contribution in [-0.2, 0) is 5.75 Å². The molecule has 0 fully saturated rings. The molecule has 0 bridgehead atoms. The molecule has 1 amide bonds. The van der Waals surface area contributed by atoms with Gasteiger partial charge in [-0.2, -0.15) is 0 Å². The fourth-order valence-electron chi connectivity index (χ4n) is 2.15. The maximum Gasteiger partial charge on any atom is 0.273 e. The van der Waals surface area contributed by atoms with Gasteiger partial charge in [-0.15, -0.1) is 10.2 Å². The van der Waals surface area contributed by atoms with Gasteiger partial charge >= 0.3 is 0 Å². The Balaban J connectivity index is 1.64. The number of thioether (sulfide) groups is 1. The summed E-state index contributed by atoms with van der Waals surface area (Å²) < 4.78 is 0.735. The number of aryl methyl sites for hydroxylation is 1. The minimum atomic E-state index is -0.505. The van der Waals surface area contributed by atoms with E-state index in [0.29, 0.717) is 10.7 Å². The number of nitrogens with zero attached hydrogens (tertiary/aromatic N) is 3. The lowest BCUT2D eigenvalue weighted by molar-refractivity contribution is -0.385. The summed E-state index contributed by atoms with van der Waals surface area (Å²) in [5, 5.41) is 22.0. The van der Waals surface area contributed by atoms with Crippen LogP contribution >= 0.6 is 23.1 Å². The van der Waals surface area contributed by atoms with E-state index in [9.17, 15) is 14.9 Å². The van der Waals surface area contributed by atoms with Crippen molar-refractivity contribution in [3.05, 3.63) is 75.3 Å². The van der Waals surface area contributed by atoms with E-state index >= 15 is 0 Å². The van der Waals surface area contributed by atoms with Crippen LogP contribution in [0.25, 0.3) is 0 Å². The topological polar surface area (TPSA) is 98.0 Å². The van der Waals surface area contributed by atoms with Crippen molar-refractivity contribution in [2.75, 3.05) is 5.32 Å². The molecular formula is C17H14N4O3S2. The predicted octanol–water partition coefficient (Wildman–Crippen LogP) is 4.30. The van der Waals surface area contributed by atoms with Crippen molar-refractivity contribution < 1.29 is 9.72 Å². The zero-order valence-electron chi connectivity index (χ0n) is 13.7. The molecule has 7 nitrogen and oxygen atoms in total. The number of nitro benzene ring substituents is 1. The highest BCUT2D eigenvalue weighted by Gasteiger charge is 2.16. The summed E-state index contributed by atoms with van der Waals surface area (Å²) in [4.78, 5) is 22.8. The summed E-state index contributed by atoms with van der Waals surface area (Å²) in [6.45, 7) is 1.63. The summed E-state index contributed by atoms with van der Waals surface area (Å²) in [5.74, 6) is 0.303. The smallest absolute Gasteiger partial charge is 0.273 e. The van der Waals surface area contributed by atoms with Crippen LogP contribution in [0.2, 0.25) is 0 Å². The molecule has 2 aromatic carbocycles. The lowest BCUT2D eigenvalue weighted by atomic mass is 10.1. The van der Waals surface area contributed by atoms with E-state index in [0.717, 1.165) is 10.1 Å². The Labute approximate surface area is 157 Å². The molecular weight excluding hydrogens is 372 g/mol. The molecule has 0 radical (unpaired) electrons. The first-order valence-electron chi connectivity index (χ1n) is 7.59. The molecule has 0 unspecified atom stereocenters. The van der Waals surface area contributed by atoms with Gasteiger partial charge in [-0.3, -0.25) is 20.2 Å². The van der Waals surface area contributed by atoms with Crippen LogP contribution in [0.5, 0.6) is 0 Å². The first-order chi connectivity index (χ1) is 12.5. The highest BCUT2D eigenvalue weighted by molar-refractivity contribution is 8.00. The average molecular weight is 386 g/mol. The molecule has 0 saturated heterocycles. The number of hydrogen-bond donors (Lipinski definition) is 1. The van der Waals surface area contributed by atoms with Crippen LogP contribution in [0.4, 0.5) is 10.8 Å². The fraction of sp³-hybridized carbons (Fsp3) is 0.118. The van der Waals surface area contributed by atoms with E-state index in [4.69, 9.17) is 0 Å². The SMILES string of the molecule is Cc1ccc(C(=O)Nc2nnc(SCc3ccccc3)s2)cc1[N+](=O)[O-]. The van der Waals surface area contributed by atoms with Gasteiger partial charge in [0.2, 0.25) is 5.13 Å². The normalized spacial score (nSPS) is 10.5. The maximum atomic E-state index is 12.3. The molecule has 3 rings (SSSR count). The van der Waals surface area contributed by atoms with E-state index in [1.54, 1.807) is 19.1 Å². The third-order valence-corrected chi connectivity index (χ3v) is 5.54. The quantitative estimate of drug-likeness (QED) is 0.293. The molecule has 3 aromatic rings. The monoisotopic (exact) mass is 386 g/mol. The lowest BCUT2D eigenvalue weighted by Gasteiger charge is -2.02. The first kappa shape index (κ1) is 18.0. The van der Waals surface area contributed by atoms with Crippen LogP contribution in [-0.4, -0.2) is 21.0 Å². The van der Waals surface area contributed by atoms with Gasteiger partial charge in [-0.25, -0.2) is 0 Å². The van der Waals surface area contributed by atoms with Crippen LogP contribution in [0.3, 0.4) is 0 Å². The molecule has 0 aliphatic rings. The number of carbonyl (C=O) groups is 1. The number of hydrogen-bond acceptors (Lipinski definition) is 7. The van der Waals surface area contributed by atoms with Crippen LogP contribution in [0.1, 0.15) is 21.5 Å². The molecule has 0 aliphatic carbocycles. The number of nitro groups is 1. The minimum Gasteiger partial charge on any atom is -0.296 e. The van der Waals surface area contributed by atoms with Crippen LogP contribution in [0, 0.1) is 17.0 Å². The number of amides is 1. The van der Waals surface area contributed by atoms with Crippen molar-refractivity contribution >= 4 is 39.8 Å². The number of anilines is 1. The number of aromatic nitrogens is 2. The Morgan fingerprint density at radius 3 is 2.73 bits per heavy atom. The average Bonchev–Trinajstić information content (AvgIpc) is 3.08. The van der Waals surface area contributed by atoms with Gasteiger partial charge < -0.3 is 0 Å². The maximum absolute atomic E-state index is 12.3. The van der Waals surface area contributed by atoms with Crippen LogP contribution in [0.15, 0.2) is 52.9 Å². The predicted molar refractivity (Wildman–Crippen MR) is 102 cm³/mol. The van der Waals surface area contributed by atoms with Gasteiger partial charge in [-0.05, 0) is 18.6 Å². The highest BCUT2D eigenvalue weighted by Crippen LogP contribution is 2.28. The van der Waals surface area contributed by atoms with Gasteiger partial charge in [0.05, 0.1) is 4.92 Å². The molecule has 0 saturated carbocycles. The van der Waals surface area contributed by atoms with Crippen molar-refractivity contribution in [3.8, 4) is 0 Å². The number of nitrogens with one attached hydrogen (secondary N) is 1. The second-order valence-corrected chi connectivity index (χ2v) is 7.56. The minimum absolute atomic E-state index is 0.0889. The van der Waals surface area contributed by atoms with Crippen molar-refractivity contribution in [2.45, 2.75) is 17.0 Å². The third kappa shape index (κ3) is 4.44. The van der Waals surface area contributed by atoms with Crippen LogP contribution < -0.4 is 5.32 Å². The Bertz CT molecular complexity index is 944.